The molecule has 2 aromatic carbocycles. The van der Waals surface area contributed by atoms with E-state index in [0.717, 1.165) is 5.69 Å². The summed E-state index contributed by atoms with van der Waals surface area (Å²) in [7, 11) is 0. The lowest BCUT2D eigenvalue weighted by Gasteiger charge is -2.02. The topological polar surface area (TPSA) is 24.7 Å². The van der Waals surface area contributed by atoms with Gasteiger partial charge in [-0.15, -0.1) is 0 Å². The molecule has 0 fully saturated rings. The summed E-state index contributed by atoms with van der Waals surface area (Å²) in [5, 5.41) is 8.56. The maximum atomic E-state index is 4.28. The molecule has 0 aliphatic heterocycles. The molecule has 0 aliphatic carbocycles. The molecular formula is C17H20N2. The molecule has 19 heavy (non-hydrogen) atoms. The van der Waals surface area contributed by atoms with Gasteiger partial charge in [-0.2, -0.15) is 10.2 Å². The zero-order valence-electron chi connectivity index (χ0n) is 12.1. The second-order valence-electron chi connectivity index (χ2n) is 5.09. The van der Waals surface area contributed by atoms with Gasteiger partial charge in [-0.05, 0) is 67.6 Å². The highest BCUT2D eigenvalue weighted by Gasteiger charge is 1.97. The summed E-state index contributed by atoms with van der Waals surface area (Å²) >= 11 is 0. The van der Waals surface area contributed by atoms with E-state index in [1.165, 1.54) is 27.8 Å². The van der Waals surface area contributed by atoms with Gasteiger partial charge in [-0.25, -0.2) is 0 Å². The Hall–Kier alpha value is -1.96. The molecule has 0 spiro atoms. The van der Waals surface area contributed by atoms with Crippen molar-refractivity contribution in [2.75, 3.05) is 0 Å². The number of azo groups is 1. The lowest BCUT2D eigenvalue weighted by molar-refractivity contribution is 0.955. The van der Waals surface area contributed by atoms with Crippen molar-refractivity contribution in [1.29, 1.82) is 0 Å². The summed E-state index contributed by atoms with van der Waals surface area (Å²) in [5.74, 6) is 0. The molecule has 0 amide bonds. The van der Waals surface area contributed by atoms with E-state index in [9.17, 15) is 0 Å². The van der Waals surface area contributed by atoms with Crippen molar-refractivity contribution in [3.05, 3.63) is 64.2 Å². The van der Waals surface area contributed by atoms with E-state index in [1.54, 1.807) is 0 Å². The smallest absolute Gasteiger partial charge is 0.0855 e. The third-order valence-electron chi connectivity index (χ3n) is 3.50. The minimum Gasteiger partial charge on any atom is -0.184 e. The summed E-state index contributed by atoms with van der Waals surface area (Å²) in [6.07, 6.45) is 0. The van der Waals surface area contributed by atoms with Crippen LogP contribution in [-0.2, 0) is 6.54 Å². The molecule has 0 saturated carbocycles. The summed E-state index contributed by atoms with van der Waals surface area (Å²) in [6.45, 7) is 9.08. The van der Waals surface area contributed by atoms with E-state index in [-0.39, 0.29) is 0 Å². The first-order valence-electron chi connectivity index (χ1n) is 6.57. The molecular weight excluding hydrogens is 232 g/mol. The zero-order chi connectivity index (χ0) is 13.8. The van der Waals surface area contributed by atoms with Crippen LogP contribution >= 0.6 is 0 Å². The molecule has 0 heterocycles. The van der Waals surface area contributed by atoms with E-state index in [4.69, 9.17) is 0 Å². The van der Waals surface area contributed by atoms with Crippen LogP contribution < -0.4 is 0 Å². The van der Waals surface area contributed by atoms with Gasteiger partial charge in [0.1, 0.15) is 0 Å². The van der Waals surface area contributed by atoms with Gasteiger partial charge in [0.25, 0.3) is 0 Å². The van der Waals surface area contributed by atoms with E-state index >= 15 is 0 Å². The van der Waals surface area contributed by atoms with Crippen LogP contribution in [0.3, 0.4) is 0 Å². The Morgan fingerprint density at radius 3 is 2.00 bits per heavy atom. The summed E-state index contributed by atoms with van der Waals surface area (Å²) in [6, 6.07) is 12.6. The molecule has 0 aliphatic rings. The van der Waals surface area contributed by atoms with Gasteiger partial charge in [-0.1, -0.05) is 24.3 Å². The highest BCUT2D eigenvalue weighted by molar-refractivity contribution is 5.42. The maximum absolute atomic E-state index is 4.28. The van der Waals surface area contributed by atoms with Crippen LogP contribution in [0.15, 0.2) is 46.6 Å². The number of nitrogens with zero attached hydrogens (tertiary/aromatic N) is 2. The van der Waals surface area contributed by atoms with Gasteiger partial charge >= 0.3 is 0 Å². The van der Waals surface area contributed by atoms with Crippen molar-refractivity contribution in [2.24, 2.45) is 10.2 Å². The van der Waals surface area contributed by atoms with Gasteiger partial charge in [0, 0.05) is 0 Å². The van der Waals surface area contributed by atoms with Gasteiger partial charge in [-0.3, -0.25) is 0 Å². The molecule has 2 rings (SSSR count). The average molecular weight is 252 g/mol. The predicted octanol–water partition coefficient (Wildman–Crippen LogP) is 5.20. The number of hydrogen-bond donors (Lipinski definition) is 0. The molecule has 0 saturated heterocycles. The largest absolute Gasteiger partial charge is 0.184 e. The normalized spacial score (nSPS) is 11.2. The first-order chi connectivity index (χ1) is 9.06. The molecule has 0 unspecified atom stereocenters. The molecule has 0 N–H and O–H groups in total. The molecule has 0 aromatic heterocycles. The van der Waals surface area contributed by atoms with Crippen LogP contribution in [-0.4, -0.2) is 0 Å². The first-order valence-corrected chi connectivity index (χ1v) is 6.57. The van der Waals surface area contributed by atoms with Crippen LogP contribution in [0.1, 0.15) is 27.8 Å². The Kier molecular flexibility index (Phi) is 4.10. The maximum Gasteiger partial charge on any atom is 0.0855 e. The van der Waals surface area contributed by atoms with Crippen molar-refractivity contribution < 1.29 is 0 Å². The lowest BCUT2D eigenvalue weighted by atomic mass is 10.1. The van der Waals surface area contributed by atoms with E-state index in [1.807, 2.05) is 6.07 Å². The quantitative estimate of drug-likeness (QED) is 0.670. The monoisotopic (exact) mass is 252 g/mol. The van der Waals surface area contributed by atoms with Crippen molar-refractivity contribution >= 4 is 5.69 Å². The first kappa shape index (κ1) is 13.5. The van der Waals surface area contributed by atoms with Gasteiger partial charge in [0.2, 0.25) is 0 Å². The number of benzene rings is 2. The Morgan fingerprint density at radius 1 is 0.737 bits per heavy atom. The Bertz CT molecular complexity index is 613. The average Bonchev–Trinajstić information content (AvgIpc) is 2.38. The van der Waals surface area contributed by atoms with Crippen LogP contribution in [0.25, 0.3) is 0 Å². The fraction of sp³-hybridized carbons (Fsp3) is 0.294. The predicted molar refractivity (Wildman–Crippen MR) is 80.1 cm³/mol. The van der Waals surface area contributed by atoms with Crippen LogP contribution in [0, 0.1) is 27.7 Å². The molecule has 2 heteroatoms. The summed E-state index contributed by atoms with van der Waals surface area (Å²) in [5.41, 5.74) is 7.28. The summed E-state index contributed by atoms with van der Waals surface area (Å²) in [4.78, 5) is 0. The minimum absolute atomic E-state index is 0.633. The van der Waals surface area contributed by atoms with Gasteiger partial charge in [0.15, 0.2) is 0 Å². The van der Waals surface area contributed by atoms with Crippen molar-refractivity contribution in [1.82, 2.24) is 0 Å². The molecule has 0 radical (unpaired) electrons. The van der Waals surface area contributed by atoms with Gasteiger partial charge < -0.3 is 0 Å². The Labute approximate surface area is 115 Å². The molecule has 2 nitrogen and oxygen atoms in total. The molecule has 2 aromatic rings. The molecule has 0 bridgehead atoms. The Balaban J connectivity index is 2.06. The van der Waals surface area contributed by atoms with E-state index in [0.29, 0.717) is 6.54 Å². The zero-order valence-corrected chi connectivity index (χ0v) is 12.1. The highest BCUT2D eigenvalue weighted by Crippen LogP contribution is 2.18. The highest BCUT2D eigenvalue weighted by atomic mass is 15.1. The number of hydrogen-bond acceptors (Lipinski definition) is 2. The van der Waals surface area contributed by atoms with Crippen LogP contribution in [0.4, 0.5) is 5.69 Å². The number of rotatable bonds is 3. The standard InChI is InChI=1S/C17H20N2/c1-12-5-7-16(9-14(12)3)11-18-19-17-8-6-13(2)15(4)10-17/h5-10H,11H2,1-4H3. The fourth-order valence-corrected chi connectivity index (χ4v) is 1.89. The van der Waals surface area contributed by atoms with Crippen LogP contribution in [0.2, 0.25) is 0 Å². The Morgan fingerprint density at radius 2 is 1.37 bits per heavy atom. The molecule has 98 valence electrons. The van der Waals surface area contributed by atoms with E-state index < -0.39 is 0 Å². The fourth-order valence-electron chi connectivity index (χ4n) is 1.89. The third-order valence-corrected chi connectivity index (χ3v) is 3.50. The molecule has 0 atom stereocenters. The third kappa shape index (κ3) is 3.50. The van der Waals surface area contributed by atoms with Gasteiger partial charge in [0.05, 0.1) is 12.2 Å². The van der Waals surface area contributed by atoms with Crippen LogP contribution in [0.5, 0.6) is 0 Å². The number of aryl methyl sites for hydroxylation is 4. The second-order valence-corrected chi connectivity index (χ2v) is 5.09. The van der Waals surface area contributed by atoms with Crippen molar-refractivity contribution in [2.45, 2.75) is 34.2 Å². The second kappa shape index (κ2) is 5.79. The lowest BCUT2D eigenvalue weighted by Crippen LogP contribution is -1.85. The SMILES string of the molecule is Cc1ccc(CN=Nc2ccc(C)c(C)c2)cc1C. The van der Waals surface area contributed by atoms with E-state index in [2.05, 4.69) is 68.3 Å². The minimum atomic E-state index is 0.633. The van der Waals surface area contributed by atoms with Crippen molar-refractivity contribution in [3.63, 3.8) is 0 Å². The summed E-state index contributed by atoms with van der Waals surface area (Å²) < 4.78 is 0. The van der Waals surface area contributed by atoms with Crippen molar-refractivity contribution in [3.8, 4) is 0 Å².